The van der Waals surface area contributed by atoms with Gasteiger partial charge in [-0.1, -0.05) is 17.7 Å². The molecule has 0 saturated heterocycles. The van der Waals surface area contributed by atoms with E-state index in [1.807, 2.05) is 0 Å². The maximum Gasteiger partial charge on any atom is 0.223 e. The second-order valence-electron chi connectivity index (χ2n) is 3.22. The number of hydrogen-bond donors (Lipinski definition) is 4. The van der Waals surface area contributed by atoms with Gasteiger partial charge >= 0.3 is 0 Å². The van der Waals surface area contributed by atoms with Gasteiger partial charge in [0.15, 0.2) is 5.96 Å². The lowest BCUT2D eigenvalue weighted by Crippen LogP contribution is -2.26. The van der Waals surface area contributed by atoms with E-state index >= 15 is 0 Å². The minimum absolute atomic E-state index is 0.0465. The third kappa shape index (κ3) is 2.28. The molecule has 0 amide bonds. The molecule has 2 aromatic rings. The first kappa shape index (κ1) is 11.2. The Hall–Kier alpha value is -2.28. The molecule has 0 spiro atoms. The Bertz CT molecular complexity index is 609. The number of guanidine groups is 2. The first-order valence-electron chi connectivity index (χ1n) is 4.64. The lowest BCUT2D eigenvalue weighted by molar-refractivity contribution is 1.12. The Kier molecular flexibility index (Phi) is 2.84. The number of nitrogens with two attached hydrogens (primary N) is 3. The van der Waals surface area contributed by atoms with E-state index in [1.165, 1.54) is 0 Å². The summed E-state index contributed by atoms with van der Waals surface area (Å²) >= 11 is 5.95. The molecule has 0 bridgehead atoms. The zero-order valence-electron chi connectivity index (χ0n) is 8.68. The van der Waals surface area contributed by atoms with Gasteiger partial charge in [0.05, 0.1) is 16.6 Å². The van der Waals surface area contributed by atoms with Crippen LogP contribution in [0.1, 0.15) is 0 Å². The number of aliphatic imine (C=N–C) groups is 2. The zero-order valence-corrected chi connectivity index (χ0v) is 9.44. The first-order chi connectivity index (χ1) is 8.08. The quantitative estimate of drug-likeness (QED) is 0.432. The Balaban J connectivity index is 2.56. The van der Waals surface area contributed by atoms with E-state index in [0.29, 0.717) is 21.7 Å². The Morgan fingerprint density at radius 1 is 1.29 bits per heavy atom. The van der Waals surface area contributed by atoms with Gasteiger partial charge in [0.25, 0.3) is 0 Å². The smallest absolute Gasteiger partial charge is 0.223 e. The monoisotopic (exact) mass is 251 g/mol. The van der Waals surface area contributed by atoms with Crippen molar-refractivity contribution in [2.24, 2.45) is 27.2 Å². The van der Waals surface area contributed by atoms with E-state index < -0.39 is 0 Å². The van der Waals surface area contributed by atoms with Gasteiger partial charge < -0.3 is 17.2 Å². The van der Waals surface area contributed by atoms with Gasteiger partial charge in [-0.2, -0.15) is 10.1 Å². The summed E-state index contributed by atoms with van der Waals surface area (Å²) in [6, 6.07) is 5.31. The van der Waals surface area contributed by atoms with Crippen LogP contribution in [0.15, 0.2) is 28.2 Å². The Morgan fingerprint density at radius 3 is 2.76 bits per heavy atom. The fraction of sp³-hybridized carbons (Fsp3) is 0. The van der Waals surface area contributed by atoms with Crippen LogP contribution in [0.5, 0.6) is 0 Å². The van der Waals surface area contributed by atoms with Gasteiger partial charge in [0, 0.05) is 0 Å². The van der Waals surface area contributed by atoms with Crippen LogP contribution in [0, 0.1) is 0 Å². The fourth-order valence-electron chi connectivity index (χ4n) is 1.39. The number of fused-ring (bicyclic) bond motifs is 1. The molecule has 17 heavy (non-hydrogen) atoms. The molecule has 1 aromatic heterocycles. The predicted molar refractivity (Wildman–Crippen MR) is 68.2 cm³/mol. The van der Waals surface area contributed by atoms with Crippen molar-refractivity contribution in [2.75, 3.05) is 0 Å². The molecule has 0 aliphatic carbocycles. The largest absolute Gasteiger partial charge is 0.370 e. The molecule has 0 aliphatic rings. The minimum atomic E-state index is -0.156. The van der Waals surface area contributed by atoms with E-state index in [0.717, 1.165) is 0 Å². The highest BCUT2D eigenvalue weighted by Crippen LogP contribution is 2.30. The highest BCUT2D eigenvalue weighted by molar-refractivity contribution is 6.35. The number of hydrogen-bond acceptors (Lipinski definition) is 2. The van der Waals surface area contributed by atoms with Crippen LogP contribution in [0.2, 0.25) is 5.15 Å². The second-order valence-corrected chi connectivity index (χ2v) is 3.59. The second kappa shape index (κ2) is 4.30. The van der Waals surface area contributed by atoms with Gasteiger partial charge in [0.1, 0.15) is 5.15 Å². The van der Waals surface area contributed by atoms with Crippen molar-refractivity contribution in [3.05, 3.63) is 23.4 Å². The van der Waals surface area contributed by atoms with E-state index in [-0.39, 0.29) is 11.9 Å². The Labute approximate surface area is 101 Å². The van der Waals surface area contributed by atoms with Crippen LogP contribution in [0.3, 0.4) is 0 Å². The standard InChI is InChI=1S/C9H10ClN7/c10-7-6-4(14-9(13)15-8(11)12)2-1-3-5(6)16-17-7/h1-3H,(H,16,17)(H6,11,12,13,14,15). The SMILES string of the molecule is NC(N)=NC(N)=Nc1cccc2n[nH]c(Cl)c12. The predicted octanol–water partition coefficient (Wildman–Crippen LogP) is 0.436. The number of nitrogens with one attached hydrogen (secondary N) is 1. The van der Waals surface area contributed by atoms with Crippen molar-refractivity contribution in [3.8, 4) is 0 Å². The third-order valence-electron chi connectivity index (χ3n) is 1.99. The molecule has 1 heterocycles. The summed E-state index contributed by atoms with van der Waals surface area (Å²) in [5, 5.41) is 7.70. The fourth-order valence-corrected chi connectivity index (χ4v) is 1.62. The molecule has 0 fully saturated rings. The number of aromatic nitrogens is 2. The zero-order chi connectivity index (χ0) is 12.4. The van der Waals surface area contributed by atoms with Crippen molar-refractivity contribution in [3.63, 3.8) is 0 Å². The summed E-state index contributed by atoms with van der Waals surface area (Å²) < 4.78 is 0. The van der Waals surface area contributed by atoms with Crippen LogP contribution in [-0.4, -0.2) is 22.1 Å². The highest BCUT2D eigenvalue weighted by atomic mass is 35.5. The number of halogens is 1. The molecule has 2 rings (SSSR count). The average molecular weight is 252 g/mol. The normalized spacial score (nSPS) is 11.7. The van der Waals surface area contributed by atoms with E-state index in [2.05, 4.69) is 20.2 Å². The summed E-state index contributed by atoms with van der Waals surface area (Å²) in [5.41, 5.74) is 17.2. The molecule has 7 nitrogen and oxygen atoms in total. The van der Waals surface area contributed by atoms with Gasteiger partial charge in [-0.25, -0.2) is 4.99 Å². The molecular formula is C9H10ClN7. The van der Waals surface area contributed by atoms with Gasteiger partial charge in [-0.05, 0) is 12.1 Å². The van der Waals surface area contributed by atoms with Gasteiger partial charge in [-0.15, -0.1) is 0 Å². The molecule has 1 aromatic carbocycles. The van der Waals surface area contributed by atoms with Crippen LogP contribution in [-0.2, 0) is 0 Å². The summed E-state index contributed by atoms with van der Waals surface area (Å²) in [7, 11) is 0. The maximum atomic E-state index is 5.95. The van der Waals surface area contributed by atoms with E-state index in [9.17, 15) is 0 Å². The van der Waals surface area contributed by atoms with Crippen molar-refractivity contribution in [1.82, 2.24) is 10.2 Å². The molecule has 0 unspecified atom stereocenters. The van der Waals surface area contributed by atoms with E-state index in [4.69, 9.17) is 28.8 Å². The summed E-state index contributed by atoms with van der Waals surface area (Å²) in [4.78, 5) is 7.68. The summed E-state index contributed by atoms with van der Waals surface area (Å²) in [6.45, 7) is 0. The topological polar surface area (TPSA) is 131 Å². The number of aromatic amines is 1. The molecule has 8 heteroatoms. The molecule has 7 N–H and O–H groups in total. The average Bonchev–Trinajstić information content (AvgIpc) is 2.60. The van der Waals surface area contributed by atoms with Crippen molar-refractivity contribution < 1.29 is 0 Å². The molecule has 88 valence electrons. The number of benzene rings is 1. The lowest BCUT2D eigenvalue weighted by Gasteiger charge is -1.98. The maximum absolute atomic E-state index is 5.95. The summed E-state index contributed by atoms with van der Waals surface area (Å²) in [6.07, 6.45) is 0. The van der Waals surface area contributed by atoms with Crippen LogP contribution >= 0.6 is 11.6 Å². The molecule has 0 saturated carbocycles. The first-order valence-corrected chi connectivity index (χ1v) is 5.02. The number of rotatable bonds is 1. The van der Waals surface area contributed by atoms with Crippen molar-refractivity contribution in [2.45, 2.75) is 0 Å². The van der Waals surface area contributed by atoms with Gasteiger partial charge in [0.2, 0.25) is 5.96 Å². The van der Waals surface area contributed by atoms with Gasteiger partial charge in [-0.3, -0.25) is 5.10 Å². The van der Waals surface area contributed by atoms with Crippen molar-refractivity contribution in [1.29, 1.82) is 0 Å². The molecule has 0 atom stereocenters. The number of nitrogens with zero attached hydrogens (tertiary/aromatic N) is 3. The molecular weight excluding hydrogens is 242 g/mol. The van der Waals surface area contributed by atoms with Crippen LogP contribution in [0.25, 0.3) is 10.9 Å². The lowest BCUT2D eigenvalue weighted by atomic mass is 10.2. The van der Waals surface area contributed by atoms with Crippen LogP contribution in [0.4, 0.5) is 5.69 Å². The highest BCUT2D eigenvalue weighted by Gasteiger charge is 2.07. The number of H-pyrrole nitrogens is 1. The Morgan fingerprint density at radius 2 is 2.06 bits per heavy atom. The van der Waals surface area contributed by atoms with Crippen LogP contribution < -0.4 is 17.2 Å². The summed E-state index contributed by atoms with van der Waals surface area (Å²) in [5.74, 6) is -0.202. The third-order valence-corrected chi connectivity index (χ3v) is 2.27. The molecule has 0 aliphatic heterocycles. The van der Waals surface area contributed by atoms with E-state index in [1.54, 1.807) is 18.2 Å². The minimum Gasteiger partial charge on any atom is -0.370 e. The van der Waals surface area contributed by atoms with Crippen molar-refractivity contribution >= 4 is 40.1 Å². The molecule has 0 radical (unpaired) electrons.